The van der Waals surface area contributed by atoms with Crippen molar-refractivity contribution in [2.45, 2.75) is 12.3 Å². The molecule has 0 fully saturated rings. The Kier molecular flexibility index (Phi) is 4.86. The molecular formula is C33H25BO. The van der Waals surface area contributed by atoms with Gasteiger partial charge in [-0.3, -0.25) is 4.79 Å². The Balaban J connectivity index is 1.68. The molecule has 0 atom stereocenters. The summed E-state index contributed by atoms with van der Waals surface area (Å²) in [4.78, 5) is 11.2. The highest BCUT2D eigenvalue weighted by atomic mass is 16.1. The van der Waals surface area contributed by atoms with Crippen LogP contribution in [-0.4, -0.2) is 14.1 Å². The average molecular weight is 448 g/mol. The number of carbonyl (C=O) groups excluding carboxylic acids is 1. The van der Waals surface area contributed by atoms with Gasteiger partial charge < -0.3 is 0 Å². The molecule has 0 unspecified atom stereocenters. The highest BCUT2D eigenvalue weighted by molar-refractivity contribution is 6.23. The van der Waals surface area contributed by atoms with Crippen LogP contribution in [-0.2, 0) is 5.41 Å². The van der Waals surface area contributed by atoms with Crippen LogP contribution in [0.4, 0.5) is 0 Å². The van der Waals surface area contributed by atoms with Crippen molar-refractivity contribution in [3.63, 3.8) is 0 Å². The van der Waals surface area contributed by atoms with E-state index in [1.165, 1.54) is 44.5 Å². The van der Waals surface area contributed by atoms with Crippen molar-refractivity contribution < 1.29 is 4.79 Å². The molecule has 1 spiro atoms. The highest BCUT2D eigenvalue weighted by Gasteiger charge is 2.50. The van der Waals surface area contributed by atoms with Gasteiger partial charge in [-0.1, -0.05) is 103 Å². The summed E-state index contributed by atoms with van der Waals surface area (Å²) in [7, 11) is 2.03. The van der Waals surface area contributed by atoms with Gasteiger partial charge in [0.15, 0.2) is 0 Å². The van der Waals surface area contributed by atoms with Gasteiger partial charge in [0.1, 0.15) is 14.1 Å². The van der Waals surface area contributed by atoms with E-state index in [-0.39, 0.29) is 5.41 Å². The van der Waals surface area contributed by atoms with Gasteiger partial charge in [0, 0.05) is 5.56 Å². The van der Waals surface area contributed by atoms with Crippen molar-refractivity contribution in [1.29, 1.82) is 0 Å². The predicted octanol–water partition coefficient (Wildman–Crippen LogP) is 6.97. The molecule has 4 aromatic carbocycles. The zero-order valence-corrected chi connectivity index (χ0v) is 20.0. The van der Waals surface area contributed by atoms with Gasteiger partial charge in [0.25, 0.3) is 0 Å². The molecule has 2 aliphatic rings. The van der Waals surface area contributed by atoms with E-state index >= 15 is 0 Å². The van der Waals surface area contributed by atoms with Gasteiger partial charge in [-0.05, 0) is 68.6 Å². The minimum Gasteiger partial charge on any atom is -0.298 e. The standard InChI is InChI=1S/C33H25BO/c1-21(34)11-17-26-22(2)33(30-9-5-3-7-27(30)28-8-4-6-10-31(28)33)32-19-25(16-18-29(26)32)24-14-12-23(20-35)13-15-24/h3-20H,1,34H2,2H3/b17-11-. The molecular weight excluding hydrogens is 423 g/mol. The molecule has 0 saturated carbocycles. The summed E-state index contributed by atoms with van der Waals surface area (Å²) in [6, 6.07) is 32.3. The lowest BCUT2D eigenvalue weighted by Crippen LogP contribution is -2.26. The van der Waals surface area contributed by atoms with Gasteiger partial charge in [0.2, 0.25) is 0 Å². The first-order valence-corrected chi connectivity index (χ1v) is 12.0. The Morgan fingerprint density at radius 1 is 0.771 bits per heavy atom. The van der Waals surface area contributed by atoms with E-state index in [1.807, 2.05) is 32.1 Å². The molecule has 2 heteroatoms. The van der Waals surface area contributed by atoms with Crippen LogP contribution < -0.4 is 0 Å². The van der Waals surface area contributed by atoms with Crippen LogP contribution in [0.3, 0.4) is 0 Å². The fraction of sp³-hybridized carbons (Fsp3) is 0.0606. The molecule has 0 heterocycles. The van der Waals surface area contributed by atoms with E-state index < -0.39 is 0 Å². The first-order valence-electron chi connectivity index (χ1n) is 12.0. The number of fused-ring (bicyclic) bond motifs is 7. The Morgan fingerprint density at radius 2 is 1.37 bits per heavy atom. The number of aldehydes is 1. The number of rotatable bonds is 4. The topological polar surface area (TPSA) is 17.1 Å². The Bertz CT molecular complexity index is 1540. The van der Waals surface area contributed by atoms with Crippen LogP contribution in [0.5, 0.6) is 0 Å². The van der Waals surface area contributed by atoms with Crippen LogP contribution >= 0.6 is 0 Å². The molecule has 0 bridgehead atoms. The summed E-state index contributed by atoms with van der Waals surface area (Å²) in [5.41, 5.74) is 14.1. The maximum atomic E-state index is 11.2. The normalized spacial score (nSPS) is 14.8. The summed E-state index contributed by atoms with van der Waals surface area (Å²) in [5, 5.41) is 0. The molecule has 166 valence electrons. The largest absolute Gasteiger partial charge is 0.298 e. The molecule has 0 radical (unpaired) electrons. The lowest BCUT2D eigenvalue weighted by atomic mass is 9.70. The number of hydrogen-bond donors (Lipinski definition) is 0. The Morgan fingerprint density at radius 3 is 1.97 bits per heavy atom. The molecule has 0 N–H and O–H groups in total. The third kappa shape index (κ3) is 3.00. The number of hydrogen-bond acceptors (Lipinski definition) is 1. The number of allylic oxidation sites excluding steroid dienone is 5. The molecule has 35 heavy (non-hydrogen) atoms. The molecule has 4 aromatic rings. The lowest BCUT2D eigenvalue weighted by molar-refractivity contribution is 0.112. The highest BCUT2D eigenvalue weighted by Crippen LogP contribution is 2.62. The molecule has 2 aliphatic carbocycles. The van der Waals surface area contributed by atoms with E-state index in [4.69, 9.17) is 0 Å². The first kappa shape index (κ1) is 21.4. The minimum atomic E-state index is -0.337. The Hall–Kier alpha value is -4.17. The summed E-state index contributed by atoms with van der Waals surface area (Å²) in [6.45, 7) is 6.38. The van der Waals surface area contributed by atoms with Gasteiger partial charge in [-0.2, -0.15) is 0 Å². The summed E-state index contributed by atoms with van der Waals surface area (Å²) < 4.78 is 0. The zero-order valence-electron chi connectivity index (χ0n) is 20.0. The van der Waals surface area contributed by atoms with Crippen molar-refractivity contribution in [3.05, 3.63) is 149 Å². The van der Waals surface area contributed by atoms with Crippen LogP contribution in [0.1, 0.15) is 39.5 Å². The second-order valence-electron chi connectivity index (χ2n) is 9.56. The van der Waals surface area contributed by atoms with Crippen molar-refractivity contribution in [1.82, 2.24) is 0 Å². The smallest absolute Gasteiger partial charge is 0.150 e. The number of carbonyl (C=O) groups is 1. The molecule has 0 aliphatic heterocycles. The summed E-state index contributed by atoms with van der Waals surface area (Å²) in [5.74, 6) is 0. The van der Waals surface area contributed by atoms with Crippen LogP contribution in [0.25, 0.3) is 27.8 Å². The van der Waals surface area contributed by atoms with E-state index in [2.05, 4.69) is 92.4 Å². The van der Waals surface area contributed by atoms with Crippen molar-refractivity contribution in [3.8, 4) is 22.3 Å². The predicted molar refractivity (Wildman–Crippen MR) is 148 cm³/mol. The Labute approximate surface area is 207 Å². The van der Waals surface area contributed by atoms with E-state index in [0.717, 1.165) is 22.9 Å². The van der Waals surface area contributed by atoms with E-state index in [9.17, 15) is 4.79 Å². The summed E-state index contributed by atoms with van der Waals surface area (Å²) >= 11 is 0. The third-order valence-electron chi connectivity index (χ3n) is 7.55. The molecule has 1 nitrogen and oxygen atoms in total. The van der Waals surface area contributed by atoms with Gasteiger partial charge in [0.05, 0.1) is 5.41 Å². The maximum absolute atomic E-state index is 11.2. The van der Waals surface area contributed by atoms with Crippen molar-refractivity contribution in [2.24, 2.45) is 0 Å². The fourth-order valence-electron chi connectivity index (χ4n) is 6.00. The lowest BCUT2D eigenvalue weighted by Gasteiger charge is -2.31. The molecule has 0 saturated heterocycles. The van der Waals surface area contributed by atoms with Crippen LogP contribution in [0.2, 0.25) is 0 Å². The second kappa shape index (κ2) is 7.96. The van der Waals surface area contributed by atoms with Crippen molar-refractivity contribution >= 4 is 19.7 Å². The molecule has 0 aromatic heterocycles. The number of benzene rings is 4. The van der Waals surface area contributed by atoms with Crippen molar-refractivity contribution in [2.75, 3.05) is 0 Å². The maximum Gasteiger partial charge on any atom is 0.150 e. The van der Waals surface area contributed by atoms with Gasteiger partial charge >= 0.3 is 0 Å². The third-order valence-corrected chi connectivity index (χ3v) is 7.55. The second-order valence-corrected chi connectivity index (χ2v) is 9.56. The minimum absolute atomic E-state index is 0.337. The average Bonchev–Trinajstić information content (AvgIpc) is 3.33. The monoisotopic (exact) mass is 448 g/mol. The SMILES string of the molecule is BC(=C)/C=C\C1=C(C)C2(c3cc(-c4ccc(C=O)cc4)ccc31)c1ccccc1-c1ccccc12. The van der Waals surface area contributed by atoms with E-state index in [1.54, 1.807) is 0 Å². The zero-order chi connectivity index (χ0) is 24.2. The first-order chi connectivity index (χ1) is 17.1. The molecule has 6 rings (SSSR count). The van der Waals surface area contributed by atoms with Gasteiger partial charge in [-0.15, -0.1) is 6.58 Å². The summed E-state index contributed by atoms with van der Waals surface area (Å²) in [6.07, 6.45) is 5.23. The van der Waals surface area contributed by atoms with Crippen LogP contribution in [0.15, 0.2) is 121 Å². The van der Waals surface area contributed by atoms with E-state index in [0.29, 0.717) is 5.56 Å². The fourth-order valence-corrected chi connectivity index (χ4v) is 6.00. The quantitative estimate of drug-likeness (QED) is 0.187. The molecule has 0 amide bonds. The van der Waals surface area contributed by atoms with Crippen LogP contribution in [0, 0.1) is 0 Å². The van der Waals surface area contributed by atoms with Gasteiger partial charge in [-0.25, -0.2) is 0 Å².